The minimum atomic E-state index is -0.847. The maximum atomic E-state index is 11.4. The van der Waals surface area contributed by atoms with E-state index >= 15 is 0 Å². The van der Waals surface area contributed by atoms with E-state index < -0.39 is 5.97 Å². The van der Waals surface area contributed by atoms with Crippen LogP contribution in [0.3, 0.4) is 0 Å². The summed E-state index contributed by atoms with van der Waals surface area (Å²) in [4.78, 5) is 18.7. The van der Waals surface area contributed by atoms with Gasteiger partial charge in [0.1, 0.15) is 5.01 Å². The van der Waals surface area contributed by atoms with E-state index in [0.29, 0.717) is 11.6 Å². The molecule has 5 heteroatoms. The van der Waals surface area contributed by atoms with E-state index in [1.807, 2.05) is 18.2 Å². The Morgan fingerprint density at radius 2 is 2.00 bits per heavy atom. The predicted molar refractivity (Wildman–Crippen MR) is 100 cm³/mol. The molecule has 25 heavy (non-hydrogen) atoms. The van der Waals surface area contributed by atoms with Crippen molar-refractivity contribution in [3.63, 3.8) is 0 Å². The van der Waals surface area contributed by atoms with Crippen LogP contribution in [0.15, 0.2) is 48.5 Å². The molecule has 2 aromatic carbocycles. The van der Waals surface area contributed by atoms with Gasteiger partial charge >= 0.3 is 5.97 Å². The van der Waals surface area contributed by atoms with Crippen molar-refractivity contribution in [2.45, 2.75) is 25.3 Å². The van der Waals surface area contributed by atoms with E-state index in [9.17, 15) is 9.90 Å². The minimum Gasteiger partial charge on any atom is -0.478 e. The van der Waals surface area contributed by atoms with Gasteiger partial charge < -0.3 is 5.11 Å². The molecule has 2 heterocycles. The van der Waals surface area contributed by atoms with Crippen LogP contribution in [0.4, 0.5) is 0 Å². The fourth-order valence-corrected chi connectivity index (χ4v) is 4.75. The smallest absolute Gasteiger partial charge is 0.335 e. The molecule has 128 valence electrons. The van der Waals surface area contributed by atoms with Crippen molar-refractivity contribution in [3.05, 3.63) is 64.7 Å². The zero-order valence-electron chi connectivity index (χ0n) is 13.9. The monoisotopic (exact) mass is 352 g/mol. The molecule has 4 nitrogen and oxygen atoms in total. The number of para-hydroxylation sites is 1. The largest absolute Gasteiger partial charge is 0.478 e. The second-order valence-corrected chi connectivity index (χ2v) is 7.49. The normalized spacial score (nSPS) is 18.0. The molecular weight excluding hydrogens is 332 g/mol. The lowest BCUT2D eigenvalue weighted by molar-refractivity contribution is 0.0695. The Hall–Kier alpha value is -2.24. The average molecular weight is 352 g/mol. The van der Waals surface area contributed by atoms with Gasteiger partial charge in [-0.25, -0.2) is 9.78 Å². The van der Waals surface area contributed by atoms with Gasteiger partial charge in [-0.2, -0.15) is 0 Å². The fraction of sp³-hybridized carbons (Fsp3) is 0.300. The number of thiazole rings is 1. The second-order valence-electron chi connectivity index (χ2n) is 6.43. The maximum absolute atomic E-state index is 11.4. The first-order chi connectivity index (χ1) is 12.2. The third kappa shape index (κ3) is 3.30. The van der Waals surface area contributed by atoms with Crippen molar-refractivity contribution in [2.24, 2.45) is 0 Å². The van der Waals surface area contributed by atoms with Crippen LogP contribution in [0.1, 0.15) is 39.8 Å². The molecule has 1 aliphatic heterocycles. The molecule has 3 aromatic rings. The van der Waals surface area contributed by atoms with Crippen LogP contribution in [-0.4, -0.2) is 34.0 Å². The fourth-order valence-electron chi connectivity index (χ4n) is 3.62. The Bertz CT molecular complexity index is 872. The molecule has 0 aliphatic carbocycles. The summed E-state index contributed by atoms with van der Waals surface area (Å²) < 4.78 is 1.24. The number of carbonyl (C=O) groups is 1. The summed E-state index contributed by atoms with van der Waals surface area (Å²) in [5, 5.41) is 10.5. The highest BCUT2D eigenvalue weighted by molar-refractivity contribution is 7.18. The Morgan fingerprint density at radius 3 is 2.84 bits per heavy atom. The zero-order chi connectivity index (χ0) is 17.2. The molecular formula is C20H20N2O2S. The van der Waals surface area contributed by atoms with Crippen molar-refractivity contribution in [1.29, 1.82) is 0 Å². The number of hydrogen-bond donors (Lipinski definition) is 1. The molecule has 1 unspecified atom stereocenters. The first-order valence-electron chi connectivity index (χ1n) is 8.63. The number of rotatable bonds is 5. The Labute approximate surface area is 150 Å². The molecule has 1 fully saturated rings. The van der Waals surface area contributed by atoms with Crippen molar-refractivity contribution in [2.75, 3.05) is 13.1 Å². The summed E-state index contributed by atoms with van der Waals surface area (Å²) in [5.74, 6) is -0.847. The van der Waals surface area contributed by atoms with Gasteiger partial charge in [-0.3, -0.25) is 4.90 Å². The molecule has 1 N–H and O–H groups in total. The maximum Gasteiger partial charge on any atom is 0.335 e. The van der Waals surface area contributed by atoms with E-state index in [1.165, 1.54) is 16.1 Å². The molecule has 1 atom stereocenters. The van der Waals surface area contributed by atoms with Crippen molar-refractivity contribution >= 4 is 27.5 Å². The number of hydrogen-bond acceptors (Lipinski definition) is 4. The van der Waals surface area contributed by atoms with Crippen molar-refractivity contribution < 1.29 is 9.90 Å². The lowest BCUT2D eigenvalue weighted by Gasteiger charge is -2.23. The summed E-state index contributed by atoms with van der Waals surface area (Å²) in [6.45, 7) is 1.92. The first kappa shape index (κ1) is 16.2. The van der Waals surface area contributed by atoms with Gasteiger partial charge in [0, 0.05) is 6.54 Å². The SMILES string of the molecule is O=C(O)c1ccccc1CCN1CCCC1c1nc2ccccc2s1. The number of aromatic carboxylic acids is 1. The third-order valence-corrected chi connectivity index (χ3v) is 6.01. The quantitative estimate of drug-likeness (QED) is 0.741. The Balaban J connectivity index is 1.51. The van der Waals surface area contributed by atoms with Crippen LogP contribution >= 0.6 is 11.3 Å². The highest BCUT2D eigenvalue weighted by Gasteiger charge is 2.28. The molecule has 4 rings (SSSR count). The number of aromatic nitrogens is 1. The lowest BCUT2D eigenvalue weighted by Crippen LogP contribution is -2.26. The standard InChI is InChI=1S/C20H20N2O2S/c23-20(24)15-7-2-1-6-14(15)11-13-22-12-5-9-17(22)19-21-16-8-3-4-10-18(16)25-19/h1-4,6-8,10,17H,5,9,11-13H2,(H,23,24). The highest BCUT2D eigenvalue weighted by Crippen LogP contribution is 2.36. The molecule has 0 radical (unpaired) electrons. The van der Waals surface area contributed by atoms with E-state index in [4.69, 9.17) is 4.98 Å². The number of likely N-dealkylation sites (tertiary alicyclic amines) is 1. The van der Waals surface area contributed by atoms with Gasteiger partial charge in [-0.05, 0) is 49.6 Å². The van der Waals surface area contributed by atoms with Crippen molar-refractivity contribution in [1.82, 2.24) is 9.88 Å². The molecule has 0 amide bonds. The number of nitrogens with zero attached hydrogens (tertiary/aromatic N) is 2. The minimum absolute atomic E-state index is 0.356. The van der Waals surface area contributed by atoms with Gasteiger partial charge in [0.15, 0.2) is 0 Å². The average Bonchev–Trinajstić information content (AvgIpc) is 3.26. The Kier molecular flexibility index (Phi) is 4.51. The molecule has 0 spiro atoms. The number of carboxylic acid groups (broad SMARTS) is 1. The van der Waals surface area contributed by atoms with Crippen LogP contribution in [0.5, 0.6) is 0 Å². The first-order valence-corrected chi connectivity index (χ1v) is 9.45. The number of fused-ring (bicyclic) bond motifs is 1. The summed E-state index contributed by atoms with van der Waals surface area (Å²) >= 11 is 1.78. The van der Waals surface area contributed by atoms with Gasteiger partial charge in [-0.15, -0.1) is 11.3 Å². The lowest BCUT2D eigenvalue weighted by atomic mass is 10.0. The summed E-state index contributed by atoms with van der Waals surface area (Å²) in [5.41, 5.74) is 2.40. The van der Waals surface area contributed by atoms with Crippen molar-refractivity contribution in [3.8, 4) is 0 Å². The van der Waals surface area contributed by atoms with Crippen LogP contribution in [0, 0.1) is 0 Å². The van der Waals surface area contributed by atoms with Crippen LogP contribution < -0.4 is 0 Å². The highest BCUT2D eigenvalue weighted by atomic mass is 32.1. The van der Waals surface area contributed by atoms with E-state index in [-0.39, 0.29) is 0 Å². The van der Waals surface area contributed by atoms with Crippen LogP contribution in [-0.2, 0) is 6.42 Å². The zero-order valence-corrected chi connectivity index (χ0v) is 14.7. The van der Waals surface area contributed by atoms with E-state index in [1.54, 1.807) is 23.5 Å². The van der Waals surface area contributed by atoms with Crippen LogP contribution in [0.25, 0.3) is 10.2 Å². The van der Waals surface area contributed by atoms with Gasteiger partial charge in [0.2, 0.25) is 0 Å². The summed E-state index contributed by atoms with van der Waals surface area (Å²) in [6, 6.07) is 15.9. The Morgan fingerprint density at radius 1 is 1.20 bits per heavy atom. The van der Waals surface area contributed by atoms with Gasteiger partial charge in [0.05, 0.1) is 21.8 Å². The van der Waals surface area contributed by atoms with E-state index in [2.05, 4.69) is 23.1 Å². The van der Waals surface area contributed by atoms with Gasteiger partial charge in [0.25, 0.3) is 0 Å². The van der Waals surface area contributed by atoms with E-state index in [0.717, 1.165) is 37.0 Å². The third-order valence-electron chi connectivity index (χ3n) is 4.88. The van der Waals surface area contributed by atoms with Gasteiger partial charge in [-0.1, -0.05) is 30.3 Å². The predicted octanol–water partition coefficient (Wildman–Crippen LogP) is 4.37. The molecule has 1 aromatic heterocycles. The molecule has 1 saturated heterocycles. The molecule has 0 saturated carbocycles. The topological polar surface area (TPSA) is 53.4 Å². The van der Waals surface area contributed by atoms with Crippen LogP contribution in [0.2, 0.25) is 0 Å². The summed E-state index contributed by atoms with van der Waals surface area (Å²) in [6.07, 6.45) is 3.05. The summed E-state index contributed by atoms with van der Waals surface area (Å²) in [7, 11) is 0. The second kappa shape index (κ2) is 6.94. The number of benzene rings is 2. The number of carboxylic acids is 1. The molecule has 0 bridgehead atoms. The molecule has 1 aliphatic rings.